The minimum absolute atomic E-state index is 0.163. The number of nitrogens with one attached hydrogen (secondary N) is 1. The normalized spacial score (nSPS) is 11.3. The van der Waals surface area contributed by atoms with Crippen molar-refractivity contribution in [1.29, 1.82) is 5.26 Å². The van der Waals surface area contributed by atoms with Gasteiger partial charge in [-0.2, -0.15) is 5.26 Å². The van der Waals surface area contributed by atoms with E-state index in [4.69, 9.17) is 21.6 Å². The molecule has 4 nitrogen and oxygen atoms in total. The number of nitrogens with zero attached hydrogens (tertiary/aromatic N) is 1. The molecule has 3 rings (SSSR count). The summed E-state index contributed by atoms with van der Waals surface area (Å²) in [5.74, 6) is 0.125. The van der Waals surface area contributed by atoms with Gasteiger partial charge in [0.1, 0.15) is 5.75 Å². The lowest BCUT2D eigenvalue weighted by Gasteiger charge is -2.20. The van der Waals surface area contributed by atoms with E-state index in [1.54, 1.807) is 12.1 Å². The highest BCUT2D eigenvalue weighted by Gasteiger charge is 2.16. The van der Waals surface area contributed by atoms with Gasteiger partial charge in [-0.05, 0) is 35.7 Å². The molecule has 3 aromatic carbocycles. The molecule has 5 heteroatoms. The fraction of sp³-hybridized carbons (Fsp3) is 0.130. The molecule has 3 aromatic rings. The van der Waals surface area contributed by atoms with Gasteiger partial charge in [-0.25, -0.2) is 0 Å². The van der Waals surface area contributed by atoms with Crippen LogP contribution in [0.3, 0.4) is 0 Å². The first kappa shape index (κ1) is 19.5. The van der Waals surface area contributed by atoms with Crippen LogP contribution in [0.15, 0.2) is 78.9 Å². The van der Waals surface area contributed by atoms with Crippen molar-refractivity contribution < 1.29 is 9.53 Å². The van der Waals surface area contributed by atoms with Crippen LogP contribution >= 0.6 is 11.6 Å². The summed E-state index contributed by atoms with van der Waals surface area (Å²) >= 11 is 6.09. The lowest BCUT2D eigenvalue weighted by Crippen LogP contribution is -2.33. The molecule has 140 valence electrons. The number of hydrogen-bond acceptors (Lipinski definition) is 3. The molecule has 28 heavy (non-hydrogen) atoms. The Labute approximate surface area is 169 Å². The second-order valence-corrected chi connectivity index (χ2v) is 6.67. The van der Waals surface area contributed by atoms with Gasteiger partial charge in [-0.15, -0.1) is 0 Å². The third-order valence-electron chi connectivity index (χ3n) is 4.24. The van der Waals surface area contributed by atoms with Gasteiger partial charge in [0.2, 0.25) is 0 Å². The van der Waals surface area contributed by atoms with Crippen molar-refractivity contribution in [1.82, 2.24) is 5.32 Å². The zero-order chi connectivity index (χ0) is 19.8. The number of nitriles is 1. The van der Waals surface area contributed by atoms with Crippen LogP contribution in [-0.4, -0.2) is 12.5 Å². The van der Waals surface area contributed by atoms with Gasteiger partial charge in [0.05, 0.1) is 22.7 Å². The molecule has 1 atom stereocenters. The summed E-state index contributed by atoms with van der Waals surface area (Å²) in [6.45, 7) is -0.163. The average Bonchev–Trinajstić information content (AvgIpc) is 2.73. The van der Waals surface area contributed by atoms with E-state index in [1.807, 2.05) is 66.7 Å². The SMILES string of the molecule is N#Cc1ccc(OCC(=O)NC(Cc2ccccc2)c2ccccc2)c(Cl)c1. The summed E-state index contributed by atoms with van der Waals surface area (Å²) in [6, 6.07) is 26.4. The lowest BCUT2D eigenvalue weighted by atomic mass is 9.99. The van der Waals surface area contributed by atoms with Crippen LogP contribution in [-0.2, 0) is 11.2 Å². The Morgan fingerprint density at radius 1 is 1.04 bits per heavy atom. The molecule has 1 unspecified atom stereocenters. The third kappa shape index (κ3) is 5.35. The maximum Gasteiger partial charge on any atom is 0.258 e. The maximum absolute atomic E-state index is 12.5. The Kier molecular flexibility index (Phi) is 6.67. The first-order chi connectivity index (χ1) is 13.7. The summed E-state index contributed by atoms with van der Waals surface area (Å²) in [6.07, 6.45) is 0.675. The van der Waals surface area contributed by atoms with Crippen molar-refractivity contribution in [3.63, 3.8) is 0 Å². The molecule has 0 aliphatic heterocycles. The summed E-state index contributed by atoms with van der Waals surface area (Å²) < 4.78 is 5.53. The predicted octanol–water partition coefficient (Wildman–Crippen LogP) is 4.69. The molecule has 0 heterocycles. The largest absolute Gasteiger partial charge is 0.482 e. The Morgan fingerprint density at radius 2 is 1.71 bits per heavy atom. The molecular formula is C23H19ClN2O2. The Balaban J connectivity index is 1.66. The zero-order valence-electron chi connectivity index (χ0n) is 15.1. The molecule has 0 spiro atoms. The van der Waals surface area contributed by atoms with Crippen molar-refractivity contribution >= 4 is 17.5 Å². The minimum atomic E-state index is -0.245. The van der Waals surface area contributed by atoms with E-state index in [2.05, 4.69) is 5.32 Å². The van der Waals surface area contributed by atoms with Crippen LogP contribution in [0.5, 0.6) is 5.75 Å². The highest BCUT2D eigenvalue weighted by atomic mass is 35.5. The van der Waals surface area contributed by atoms with Crippen LogP contribution in [0.4, 0.5) is 0 Å². The van der Waals surface area contributed by atoms with Gasteiger partial charge in [0.15, 0.2) is 6.61 Å². The van der Waals surface area contributed by atoms with Crippen molar-refractivity contribution in [3.05, 3.63) is 101 Å². The Morgan fingerprint density at radius 3 is 2.36 bits per heavy atom. The van der Waals surface area contributed by atoms with E-state index < -0.39 is 0 Å². The third-order valence-corrected chi connectivity index (χ3v) is 4.53. The Bertz CT molecular complexity index is 969. The first-order valence-electron chi connectivity index (χ1n) is 8.86. The van der Waals surface area contributed by atoms with E-state index in [0.717, 1.165) is 11.1 Å². The molecule has 0 aliphatic rings. The number of halogens is 1. The number of hydrogen-bond donors (Lipinski definition) is 1. The van der Waals surface area contributed by atoms with Gasteiger partial charge < -0.3 is 10.1 Å². The van der Waals surface area contributed by atoms with Crippen LogP contribution in [0.25, 0.3) is 0 Å². The smallest absolute Gasteiger partial charge is 0.258 e. The predicted molar refractivity (Wildman–Crippen MR) is 109 cm³/mol. The second-order valence-electron chi connectivity index (χ2n) is 6.27. The van der Waals surface area contributed by atoms with Gasteiger partial charge >= 0.3 is 0 Å². The fourth-order valence-corrected chi connectivity index (χ4v) is 3.09. The zero-order valence-corrected chi connectivity index (χ0v) is 15.9. The molecule has 0 fully saturated rings. The van der Waals surface area contributed by atoms with Crippen molar-refractivity contribution in [2.75, 3.05) is 6.61 Å². The molecule has 1 amide bonds. The van der Waals surface area contributed by atoms with E-state index in [1.165, 1.54) is 6.07 Å². The molecule has 1 N–H and O–H groups in total. The number of carbonyl (C=O) groups is 1. The van der Waals surface area contributed by atoms with E-state index in [-0.39, 0.29) is 18.6 Å². The summed E-state index contributed by atoms with van der Waals surface area (Å²) in [4.78, 5) is 12.5. The number of ether oxygens (including phenoxy) is 1. The molecule has 0 bridgehead atoms. The summed E-state index contributed by atoms with van der Waals surface area (Å²) in [7, 11) is 0. The summed E-state index contributed by atoms with van der Waals surface area (Å²) in [5.41, 5.74) is 2.60. The summed E-state index contributed by atoms with van der Waals surface area (Å²) in [5, 5.41) is 12.2. The lowest BCUT2D eigenvalue weighted by molar-refractivity contribution is -0.123. The molecule has 0 saturated carbocycles. The first-order valence-corrected chi connectivity index (χ1v) is 9.24. The number of rotatable bonds is 7. The van der Waals surface area contributed by atoms with Crippen molar-refractivity contribution in [2.45, 2.75) is 12.5 Å². The van der Waals surface area contributed by atoms with Crippen LogP contribution in [0, 0.1) is 11.3 Å². The van der Waals surface area contributed by atoms with Crippen LogP contribution in [0.1, 0.15) is 22.7 Å². The highest BCUT2D eigenvalue weighted by Crippen LogP contribution is 2.25. The number of carbonyl (C=O) groups excluding carboxylic acids is 1. The number of amides is 1. The topological polar surface area (TPSA) is 62.1 Å². The van der Waals surface area contributed by atoms with Crippen LogP contribution < -0.4 is 10.1 Å². The van der Waals surface area contributed by atoms with Crippen LogP contribution in [0.2, 0.25) is 5.02 Å². The molecule has 0 aromatic heterocycles. The van der Waals surface area contributed by atoms with Gasteiger partial charge in [0.25, 0.3) is 5.91 Å². The maximum atomic E-state index is 12.5. The Hall–Kier alpha value is -3.29. The molecule has 0 aliphatic carbocycles. The standard InChI is InChI=1S/C23H19ClN2O2/c24-20-13-18(15-25)11-12-22(20)28-16-23(27)26-21(19-9-5-2-6-10-19)14-17-7-3-1-4-8-17/h1-13,21H,14,16H2,(H,26,27). The molecule has 0 saturated heterocycles. The molecule has 0 radical (unpaired) electrons. The molecular weight excluding hydrogens is 372 g/mol. The average molecular weight is 391 g/mol. The van der Waals surface area contributed by atoms with Crippen molar-refractivity contribution in [3.8, 4) is 11.8 Å². The minimum Gasteiger partial charge on any atom is -0.482 e. The van der Waals surface area contributed by atoms with Gasteiger partial charge in [0, 0.05) is 0 Å². The van der Waals surface area contributed by atoms with E-state index in [9.17, 15) is 4.79 Å². The fourth-order valence-electron chi connectivity index (χ4n) is 2.85. The van der Waals surface area contributed by atoms with Crippen molar-refractivity contribution in [2.24, 2.45) is 0 Å². The van der Waals surface area contributed by atoms with Gasteiger partial charge in [-0.1, -0.05) is 72.3 Å². The second kappa shape index (κ2) is 9.59. The van der Waals surface area contributed by atoms with Gasteiger partial charge in [-0.3, -0.25) is 4.79 Å². The van der Waals surface area contributed by atoms with E-state index >= 15 is 0 Å². The van der Waals surface area contributed by atoms with E-state index in [0.29, 0.717) is 22.8 Å². The quantitative estimate of drug-likeness (QED) is 0.636. The monoisotopic (exact) mass is 390 g/mol. The highest BCUT2D eigenvalue weighted by molar-refractivity contribution is 6.32. The number of benzene rings is 3.